The lowest BCUT2D eigenvalue weighted by atomic mass is 10.0. The van der Waals surface area contributed by atoms with E-state index in [4.69, 9.17) is 9.47 Å². The molecule has 0 aliphatic carbocycles. The Hall–Kier alpha value is -2.87. The number of hydrogen-bond acceptors (Lipinski definition) is 9. The monoisotopic (exact) mass is 512 g/mol. The van der Waals surface area contributed by atoms with Gasteiger partial charge < -0.3 is 25.0 Å². The van der Waals surface area contributed by atoms with E-state index in [9.17, 15) is 10.1 Å². The lowest BCUT2D eigenvalue weighted by molar-refractivity contribution is -0.127. The second-order valence-electron chi connectivity index (χ2n) is 8.87. The van der Waals surface area contributed by atoms with E-state index in [1.807, 2.05) is 17.2 Å². The molecule has 1 atom stereocenters. The number of hydrogen-bond donors (Lipinski definition) is 2. The second kappa shape index (κ2) is 14.0. The van der Waals surface area contributed by atoms with Gasteiger partial charge in [-0.1, -0.05) is 6.08 Å². The number of nitrogens with one attached hydrogen (secondary N) is 2. The van der Waals surface area contributed by atoms with Crippen LogP contribution in [0.3, 0.4) is 0 Å². The Balaban J connectivity index is 1.91. The lowest BCUT2D eigenvalue weighted by Crippen LogP contribution is -2.34. The van der Waals surface area contributed by atoms with E-state index < -0.39 is 6.29 Å². The number of allylic oxidation sites excluding steroid dienone is 1. The van der Waals surface area contributed by atoms with Gasteiger partial charge in [0.2, 0.25) is 5.91 Å². The summed E-state index contributed by atoms with van der Waals surface area (Å²) in [6, 6.07) is 4.22. The summed E-state index contributed by atoms with van der Waals surface area (Å²) < 4.78 is 11.1. The standard InChI is InChI=1S/C26H36N6O3S/c1-18(17-36-4)31-22-12-23(30-15-21(22)13-27)29-14-19-7-5-9-28-25(26(34-2)35-3)20(11-19)16-32-10-6-8-24(32)33/h11-12,14-15,18,26,28H,5-10,16-17H2,1-4H3,(H,30,31). The number of amides is 1. The van der Waals surface area contributed by atoms with Crippen molar-refractivity contribution < 1.29 is 14.3 Å². The van der Waals surface area contributed by atoms with Crippen LogP contribution in [0, 0.1) is 11.3 Å². The zero-order valence-electron chi connectivity index (χ0n) is 21.5. The summed E-state index contributed by atoms with van der Waals surface area (Å²) in [7, 11) is 3.21. The molecule has 0 bridgehead atoms. The number of carbonyl (C=O) groups excluding carboxylic acids is 1. The van der Waals surface area contributed by atoms with E-state index in [2.05, 4.69) is 45.9 Å². The van der Waals surface area contributed by atoms with Gasteiger partial charge in [-0.15, -0.1) is 0 Å². The molecule has 0 radical (unpaired) electrons. The molecule has 1 unspecified atom stereocenters. The fourth-order valence-electron chi connectivity index (χ4n) is 4.31. The SMILES string of the molecule is COC(OC)C1=C(CN2CCCC2=O)C=C(C=Nc2cc(NC(C)CSC)c(C#N)cn2)CCCN1. The fourth-order valence-corrected chi connectivity index (χ4v) is 4.89. The number of anilines is 1. The molecule has 0 aromatic carbocycles. The highest BCUT2D eigenvalue weighted by molar-refractivity contribution is 7.98. The van der Waals surface area contributed by atoms with Gasteiger partial charge in [-0.2, -0.15) is 17.0 Å². The Morgan fingerprint density at radius 2 is 2.17 bits per heavy atom. The molecular weight excluding hydrogens is 476 g/mol. The maximum Gasteiger partial charge on any atom is 0.222 e. The van der Waals surface area contributed by atoms with Crippen molar-refractivity contribution in [3.05, 3.63) is 40.7 Å². The first kappa shape index (κ1) is 27.7. The van der Waals surface area contributed by atoms with Crippen LogP contribution in [0.1, 0.15) is 38.2 Å². The summed E-state index contributed by atoms with van der Waals surface area (Å²) in [6.45, 7) is 4.06. The summed E-state index contributed by atoms with van der Waals surface area (Å²) in [5, 5.41) is 16.3. The van der Waals surface area contributed by atoms with Crippen molar-refractivity contribution >= 4 is 35.4 Å². The molecule has 1 aromatic rings. The maximum absolute atomic E-state index is 12.3. The average molecular weight is 513 g/mol. The Bertz CT molecular complexity index is 1040. The molecule has 0 spiro atoms. The van der Waals surface area contributed by atoms with Crippen molar-refractivity contribution in [2.75, 3.05) is 51.2 Å². The zero-order valence-corrected chi connectivity index (χ0v) is 22.4. The topological polar surface area (TPSA) is 112 Å². The lowest BCUT2D eigenvalue weighted by Gasteiger charge is -2.26. The maximum atomic E-state index is 12.3. The van der Waals surface area contributed by atoms with E-state index in [0.717, 1.165) is 60.6 Å². The molecule has 1 saturated heterocycles. The third-order valence-electron chi connectivity index (χ3n) is 6.05. The van der Waals surface area contributed by atoms with Gasteiger partial charge in [-0.25, -0.2) is 9.98 Å². The van der Waals surface area contributed by atoms with Crippen LogP contribution in [0.5, 0.6) is 0 Å². The van der Waals surface area contributed by atoms with Gasteiger partial charge in [0.1, 0.15) is 6.07 Å². The fraction of sp³-hybridized carbons (Fsp3) is 0.538. The van der Waals surface area contributed by atoms with Crippen molar-refractivity contribution in [3.63, 3.8) is 0 Å². The van der Waals surface area contributed by atoms with Crippen molar-refractivity contribution in [2.45, 2.75) is 44.9 Å². The molecule has 2 N–H and O–H groups in total. The third-order valence-corrected chi connectivity index (χ3v) is 6.88. The summed E-state index contributed by atoms with van der Waals surface area (Å²) in [6.07, 6.45) is 10.1. The van der Waals surface area contributed by atoms with Gasteiger partial charge in [0.25, 0.3) is 0 Å². The van der Waals surface area contributed by atoms with E-state index in [1.54, 1.807) is 32.2 Å². The molecule has 1 amide bonds. The number of carbonyl (C=O) groups is 1. The molecule has 36 heavy (non-hydrogen) atoms. The first-order valence-corrected chi connectivity index (χ1v) is 13.6. The highest BCUT2D eigenvalue weighted by atomic mass is 32.2. The van der Waals surface area contributed by atoms with Crippen LogP contribution >= 0.6 is 11.8 Å². The molecule has 194 valence electrons. The number of nitriles is 1. The number of nitrogens with zero attached hydrogens (tertiary/aromatic N) is 4. The summed E-state index contributed by atoms with van der Waals surface area (Å²) >= 11 is 1.75. The summed E-state index contributed by atoms with van der Waals surface area (Å²) in [4.78, 5) is 23.2. The van der Waals surface area contributed by atoms with Crippen LogP contribution in [0.15, 0.2) is 40.2 Å². The van der Waals surface area contributed by atoms with Crippen LogP contribution in [0.2, 0.25) is 0 Å². The molecule has 2 aliphatic heterocycles. The normalized spacial score (nSPS) is 17.6. The Morgan fingerprint density at radius 1 is 1.36 bits per heavy atom. The smallest absolute Gasteiger partial charge is 0.222 e. The number of aliphatic imine (C=N–C) groups is 1. The number of aromatic nitrogens is 1. The minimum Gasteiger partial charge on any atom is -0.384 e. The first-order chi connectivity index (χ1) is 17.5. The first-order valence-electron chi connectivity index (χ1n) is 12.2. The predicted molar refractivity (Wildman–Crippen MR) is 145 cm³/mol. The third kappa shape index (κ3) is 7.56. The molecule has 3 heterocycles. The number of pyridine rings is 1. The molecule has 2 aliphatic rings. The molecule has 0 saturated carbocycles. The van der Waals surface area contributed by atoms with Gasteiger partial charge in [-0.05, 0) is 43.6 Å². The molecule has 3 rings (SSSR count). The van der Waals surface area contributed by atoms with Gasteiger partial charge >= 0.3 is 0 Å². The predicted octanol–water partition coefficient (Wildman–Crippen LogP) is 3.62. The number of thioether (sulfide) groups is 1. The Kier molecular flexibility index (Phi) is 10.8. The van der Waals surface area contributed by atoms with E-state index >= 15 is 0 Å². The van der Waals surface area contributed by atoms with Gasteiger partial charge in [0.15, 0.2) is 12.1 Å². The van der Waals surface area contributed by atoms with Crippen molar-refractivity contribution in [2.24, 2.45) is 4.99 Å². The molecule has 9 nitrogen and oxygen atoms in total. The largest absolute Gasteiger partial charge is 0.384 e. The highest BCUT2D eigenvalue weighted by Crippen LogP contribution is 2.24. The van der Waals surface area contributed by atoms with Crippen LogP contribution in [-0.4, -0.2) is 80.2 Å². The number of ether oxygens (including phenoxy) is 2. The number of likely N-dealkylation sites (tertiary alicyclic amines) is 1. The number of rotatable bonds is 11. The van der Waals surface area contributed by atoms with Gasteiger partial charge in [0.05, 0.1) is 16.9 Å². The Morgan fingerprint density at radius 3 is 2.83 bits per heavy atom. The van der Waals surface area contributed by atoms with Crippen LogP contribution in [0.4, 0.5) is 11.5 Å². The van der Waals surface area contributed by atoms with Crippen molar-refractivity contribution in [1.29, 1.82) is 5.26 Å². The number of methoxy groups -OCH3 is 2. The van der Waals surface area contributed by atoms with E-state index in [0.29, 0.717) is 24.3 Å². The van der Waals surface area contributed by atoms with Crippen molar-refractivity contribution in [3.8, 4) is 6.07 Å². The Labute approximate surface area is 218 Å². The van der Waals surface area contributed by atoms with E-state index in [-0.39, 0.29) is 11.9 Å². The molecule has 1 fully saturated rings. The average Bonchev–Trinajstić information content (AvgIpc) is 3.26. The molecule has 10 heteroatoms. The van der Waals surface area contributed by atoms with Gasteiger partial charge in [-0.3, -0.25) is 4.79 Å². The molecular formula is C26H36N6O3S. The minimum absolute atomic E-state index is 0.163. The minimum atomic E-state index is -0.553. The second-order valence-corrected chi connectivity index (χ2v) is 9.78. The summed E-state index contributed by atoms with van der Waals surface area (Å²) in [5.74, 6) is 1.62. The van der Waals surface area contributed by atoms with Crippen LogP contribution < -0.4 is 10.6 Å². The highest BCUT2D eigenvalue weighted by Gasteiger charge is 2.25. The van der Waals surface area contributed by atoms with Crippen LogP contribution in [0.25, 0.3) is 0 Å². The van der Waals surface area contributed by atoms with Crippen molar-refractivity contribution in [1.82, 2.24) is 15.2 Å². The van der Waals surface area contributed by atoms with E-state index in [1.165, 1.54) is 0 Å². The molecule has 1 aromatic heterocycles. The zero-order chi connectivity index (χ0) is 25.9. The van der Waals surface area contributed by atoms with Gasteiger partial charge in [0, 0.05) is 70.5 Å². The quantitative estimate of drug-likeness (QED) is 0.342. The van der Waals surface area contributed by atoms with Crippen LogP contribution in [-0.2, 0) is 14.3 Å². The summed E-state index contributed by atoms with van der Waals surface area (Å²) in [5.41, 5.74) is 4.03.